The van der Waals surface area contributed by atoms with Crippen LogP contribution < -0.4 is 4.74 Å². The van der Waals surface area contributed by atoms with Gasteiger partial charge in [-0.15, -0.1) is 0 Å². The number of aryl methyl sites for hydroxylation is 2. The average Bonchev–Trinajstić information content (AvgIpc) is 2.28. The molecule has 5 heteroatoms. The van der Waals surface area contributed by atoms with Crippen molar-refractivity contribution in [1.29, 1.82) is 0 Å². The molecule has 1 unspecified atom stereocenters. The Bertz CT molecular complexity index is 565. The van der Waals surface area contributed by atoms with E-state index in [-0.39, 0.29) is 17.6 Å². The van der Waals surface area contributed by atoms with Crippen molar-refractivity contribution in [2.45, 2.75) is 34.6 Å². The highest BCUT2D eigenvalue weighted by Crippen LogP contribution is 2.25. The summed E-state index contributed by atoms with van der Waals surface area (Å²) in [5.74, 6) is 0.836. The molecule has 0 bridgehead atoms. The third-order valence-corrected chi connectivity index (χ3v) is 4.78. The molecule has 1 rings (SSSR count). The summed E-state index contributed by atoms with van der Waals surface area (Å²) in [5, 5.41) is 0. The van der Waals surface area contributed by atoms with Crippen LogP contribution in [0.25, 0.3) is 0 Å². The highest BCUT2D eigenvalue weighted by molar-refractivity contribution is 8.13. The van der Waals surface area contributed by atoms with Gasteiger partial charge in [0.15, 0.2) is 0 Å². The fourth-order valence-electron chi connectivity index (χ4n) is 2.04. The van der Waals surface area contributed by atoms with E-state index in [1.165, 1.54) is 5.56 Å². The van der Waals surface area contributed by atoms with Crippen molar-refractivity contribution in [3.8, 4) is 5.75 Å². The Morgan fingerprint density at radius 2 is 1.80 bits per heavy atom. The Morgan fingerprint density at radius 1 is 1.20 bits per heavy atom. The Morgan fingerprint density at radius 3 is 2.30 bits per heavy atom. The molecular formula is C15H23ClO3S. The van der Waals surface area contributed by atoms with Gasteiger partial charge >= 0.3 is 0 Å². The molecule has 0 N–H and O–H groups in total. The molecule has 0 amide bonds. The molecular weight excluding hydrogens is 296 g/mol. The fraction of sp³-hybridized carbons (Fsp3) is 0.600. The first-order chi connectivity index (χ1) is 9.10. The molecule has 0 fully saturated rings. The largest absolute Gasteiger partial charge is 0.493 e. The lowest BCUT2D eigenvalue weighted by Gasteiger charge is -2.21. The normalized spacial score (nSPS) is 13.6. The molecule has 1 aromatic carbocycles. The van der Waals surface area contributed by atoms with Crippen molar-refractivity contribution < 1.29 is 13.2 Å². The summed E-state index contributed by atoms with van der Waals surface area (Å²) in [5.41, 5.74) is 3.40. The summed E-state index contributed by atoms with van der Waals surface area (Å²) >= 11 is 0. The lowest BCUT2D eigenvalue weighted by Crippen LogP contribution is -2.24. The summed E-state index contributed by atoms with van der Waals surface area (Å²) in [6, 6.07) is 4.08. The zero-order chi connectivity index (χ0) is 15.5. The minimum atomic E-state index is -3.51. The van der Waals surface area contributed by atoms with Gasteiger partial charge in [0, 0.05) is 16.6 Å². The van der Waals surface area contributed by atoms with E-state index in [0.29, 0.717) is 6.61 Å². The zero-order valence-corrected chi connectivity index (χ0v) is 14.3. The van der Waals surface area contributed by atoms with Crippen LogP contribution in [0.3, 0.4) is 0 Å². The zero-order valence-electron chi connectivity index (χ0n) is 12.7. The Balaban J connectivity index is 2.83. The first-order valence-corrected chi connectivity index (χ1v) is 9.21. The van der Waals surface area contributed by atoms with Gasteiger partial charge in [-0.25, -0.2) is 8.42 Å². The van der Waals surface area contributed by atoms with E-state index >= 15 is 0 Å². The predicted molar refractivity (Wildman–Crippen MR) is 84.1 cm³/mol. The topological polar surface area (TPSA) is 43.4 Å². The number of rotatable bonds is 6. The van der Waals surface area contributed by atoms with E-state index in [1.807, 2.05) is 40.7 Å². The fourth-order valence-corrected chi connectivity index (χ4v) is 3.51. The van der Waals surface area contributed by atoms with Crippen LogP contribution in [0.15, 0.2) is 12.1 Å². The minimum Gasteiger partial charge on any atom is -0.493 e. The van der Waals surface area contributed by atoms with Crippen LogP contribution in [-0.4, -0.2) is 20.8 Å². The quantitative estimate of drug-likeness (QED) is 0.749. The average molecular weight is 319 g/mol. The van der Waals surface area contributed by atoms with Crippen molar-refractivity contribution >= 4 is 19.7 Å². The summed E-state index contributed by atoms with van der Waals surface area (Å²) in [7, 11) is 1.85. The standard InChI is InChI=1S/C15H23ClO3S/c1-10(2)14(9-20(16,17)18)8-19-15-7-11(3)6-12(4)13(15)5/h6-7,10,14H,8-9H2,1-5H3. The molecule has 3 nitrogen and oxygen atoms in total. The predicted octanol–water partition coefficient (Wildman–Crippen LogP) is 3.83. The van der Waals surface area contributed by atoms with Gasteiger partial charge in [0.2, 0.25) is 9.05 Å². The number of benzene rings is 1. The van der Waals surface area contributed by atoms with E-state index in [1.54, 1.807) is 0 Å². The molecule has 0 aromatic heterocycles. The summed E-state index contributed by atoms with van der Waals surface area (Å²) < 4.78 is 28.3. The highest BCUT2D eigenvalue weighted by atomic mass is 35.7. The van der Waals surface area contributed by atoms with Crippen LogP contribution in [0.2, 0.25) is 0 Å². The van der Waals surface area contributed by atoms with Crippen molar-refractivity contribution in [3.63, 3.8) is 0 Å². The van der Waals surface area contributed by atoms with Gasteiger partial charge in [0.05, 0.1) is 12.4 Å². The van der Waals surface area contributed by atoms with E-state index in [0.717, 1.165) is 16.9 Å². The van der Waals surface area contributed by atoms with Gasteiger partial charge < -0.3 is 4.74 Å². The highest BCUT2D eigenvalue weighted by Gasteiger charge is 2.21. The molecule has 20 heavy (non-hydrogen) atoms. The monoisotopic (exact) mass is 318 g/mol. The molecule has 0 saturated carbocycles. The van der Waals surface area contributed by atoms with Crippen LogP contribution >= 0.6 is 10.7 Å². The summed E-state index contributed by atoms with van der Waals surface area (Å²) in [6.07, 6.45) is 0. The number of hydrogen-bond donors (Lipinski definition) is 0. The maximum atomic E-state index is 11.2. The van der Waals surface area contributed by atoms with Crippen molar-refractivity contribution in [2.24, 2.45) is 11.8 Å². The molecule has 0 heterocycles. The van der Waals surface area contributed by atoms with Gasteiger partial charge in [0.1, 0.15) is 5.75 Å². The first kappa shape index (κ1) is 17.3. The lowest BCUT2D eigenvalue weighted by molar-refractivity contribution is 0.224. The van der Waals surface area contributed by atoms with Crippen molar-refractivity contribution in [1.82, 2.24) is 0 Å². The molecule has 0 aliphatic carbocycles. The number of halogens is 1. The second-order valence-corrected chi connectivity index (χ2v) is 8.55. The van der Waals surface area contributed by atoms with Gasteiger partial charge in [0.25, 0.3) is 0 Å². The van der Waals surface area contributed by atoms with Gasteiger partial charge in [-0.3, -0.25) is 0 Å². The third kappa shape index (κ3) is 5.33. The first-order valence-electron chi connectivity index (χ1n) is 6.73. The van der Waals surface area contributed by atoms with E-state index < -0.39 is 9.05 Å². The lowest BCUT2D eigenvalue weighted by atomic mass is 9.99. The van der Waals surface area contributed by atoms with Gasteiger partial charge in [-0.1, -0.05) is 19.9 Å². The van der Waals surface area contributed by atoms with Gasteiger partial charge in [-0.05, 0) is 49.4 Å². The molecule has 1 aromatic rings. The van der Waals surface area contributed by atoms with Crippen LogP contribution in [-0.2, 0) is 9.05 Å². The van der Waals surface area contributed by atoms with Crippen LogP contribution in [0.5, 0.6) is 5.75 Å². The van der Waals surface area contributed by atoms with Crippen LogP contribution in [0.1, 0.15) is 30.5 Å². The summed E-state index contributed by atoms with van der Waals surface area (Å²) in [4.78, 5) is 0. The van der Waals surface area contributed by atoms with E-state index in [2.05, 4.69) is 6.07 Å². The molecule has 1 atom stereocenters. The second-order valence-electron chi connectivity index (χ2n) is 5.73. The van der Waals surface area contributed by atoms with Gasteiger partial charge in [-0.2, -0.15) is 0 Å². The number of hydrogen-bond acceptors (Lipinski definition) is 3. The van der Waals surface area contributed by atoms with E-state index in [4.69, 9.17) is 15.4 Å². The van der Waals surface area contributed by atoms with Crippen LogP contribution in [0.4, 0.5) is 0 Å². The third-order valence-electron chi connectivity index (χ3n) is 3.57. The van der Waals surface area contributed by atoms with Crippen molar-refractivity contribution in [2.75, 3.05) is 12.4 Å². The Kier molecular flexibility index (Phi) is 5.90. The molecule has 0 spiro atoms. The number of ether oxygens (including phenoxy) is 1. The molecule has 0 aliphatic heterocycles. The minimum absolute atomic E-state index is 0.0595. The smallest absolute Gasteiger partial charge is 0.233 e. The summed E-state index contributed by atoms with van der Waals surface area (Å²) in [6.45, 7) is 10.4. The van der Waals surface area contributed by atoms with Crippen LogP contribution in [0, 0.1) is 32.6 Å². The molecule has 0 saturated heterocycles. The molecule has 0 aliphatic rings. The maximum absolute atomic E-state index is 11.2. The Labute approximate surface area is 126 Å². The molecule has 114 valence electrons. The SMILES string of the molecule is Cc1cc(C)c(C)c(OCC(CS(=O)(=O)Cl)C(C)C)c1. The van der Waals surface area contributed by atoms with Crippen molar-refractivity contribution in [3.05, 3.63) is 28.8 Å². The second kappa shape index (κ2) is 6.81. The maximum Gasteiger partial charge on any atom is 0.233 e. The molecule has 0 radical (unpaired) electrons. The Hall–Kier alpha value is -0.740. The van der Waals surface area contributed by atoms with E-state index in [9.17, 15) is 8.42 Å².